The summed E-state index contributed by atoms with van der Waals surface area (Å²) in [6.45, 7) is 3.44. The summed E-state index contributed by atoms with van der Waals surface area (Å²) in [5.41, 5.74) is 6.67. The van der Waals surface area contributed by atoms with E-state index in [2.05, 4.69) is 16.3 Å². The number of benzene rings is 1. The van der Waals surface area contributed by atoms with E-state index in [1.165, 1.54) is 19.3 Å². The average Bonchev–Trinajstić information content (AvgIpc) is 2.73. The van der Waals surface area contributed by atoms with E-state index in [0.29, 0.717) is 12.3 Å². The van der Waals surface area contributed by atoms with E-state index in [9.17, 15) is 4.79 Å². The smallest absolute Gasteiger partial charge is 0.243 e. The highest BCUT2D eigenvalue weighted by Gasteiger charge is 2.37. The van der Waals surface area contributed by atoms with E-state index >= 15 is 0 Å². The zero-order valence-corrected chi connectivity index (χ0v) is 16.4. The van der Waals surface area contributed by atoms with Crippen LogP contribution in [0.25, 0.3) is 0 Å². The van der Waals surface area contributed by atoms with E-state index in [-0.39, 0.29) is 12.5 Å². The summed E-state index contributed by atoms with van der Waals surface area (Å²) in [7, 11) is 1.64. The Morgan fingerprint density at radius 3 is 2.74 bits per heavy atom. The molecule has 1 saturated carbocycles. The standard InChI is InChI=1S/C21H33N3O3/c1-23-20(25)21(22,15-17-6-3-2-4-7-17)16-27-19-9-5-8-18(14-19)24-10-12-26-13-11-24/h5,8-9,14,17H,2-4,6-7,10-13,15-16,22H2,1H3,(H,23,25). The van der Waals surface area contributed by atoms with Gasteiger partial charge in [-0.25, -0.2) is 0 Å². The lowest BCUT2D eigenvalue weighted by atomic mass is 9.79. The molecule has 6 heteroatoms. The van der Waals surface area contributed by atoms with Crippen LogP contribution in [0.2, 0.25) is 0 Å². The Hall–Kier alpha value is -1.79. The predicted molar refractivity (Wildman–Crippen MR) is 107 cm³/mol. The Bertz CT molecular complexity index is 612. The third-order valence-electron chi connectivity index (χ3n) is 5.75. The van der Waals surface area contributed by atoms with Crippen LogP contribution in [0.4, 0.5) is 5.69 Å². The first-order valence-corrected chi connectivity index (χ1v) is 10.2. The number of rotatable bonds is 7. The molecule has 150 valence electrons. The summed E-state index contributed by atoms with van der Waals surface area (Å²) < 4.78 is 11.4. The zero-order chi connectivity index (χ0) is 19.1. The Morgan fingerprint density at radius 2 is 2.04 bits per heavy atom. The number of ether oxygens (including phenoxy) is 2. The Balaban J connectivity index is 1.64. The molecule has 1 unspecified atom stereocenters. The number of amides is 1. The van der Waals surface area contributed by atoms with Gasteiger partial charge in [-0.1, -0.05) is 38.2 Å². The molecule has 2 aliphatic rings. The summed E-state index contributed by atoms with van der Waals surface area (Å²) in [6, 6.07) is 8.01. The van der Waals surface area contributed by atoms with Gasteiger partial charge in [-0.2, -0.15) is 0 Å². The molecule has 1 aliphatic carbocycles. The first-order valence-electron chi connectivity index (χ1n) is 10.2. The highest BCUT2D eigenvalue weighted by atomic mass is 16.5. The summed E-state index contributed by atoms with van der Waals surface area (Å²) in [5, 5.41) is 2.73. The molecule has 1 amide bonds. The number of carbonyl (C=O) groups is 1. The topological polar surface area (TPSA) is 76.8 Å². The molecule has 1 saturated heterocycles. The minimum Gasteiger partial charge on any atom is -0.491 e. The highest BCUT2D eigenvalue weighted by Crippen LogP contribution is 2.31. The zero-order valence-electron chi connectivity index (χ0n) is 16.4. The number of anilines is 1. The molecule has 3 N–H and O–H groups in total. The average molecular weight is 376 g/mol. The number of nitrogens with zero attached hydrogens (tertiary/aromatic N) is 1. The maximum absolute atomic E-state index is 12.5. The number of hydrogen-bond acceptors (Lipinski definition) is 5. The van der Waals surface area contributed by atoms with Crippen molar-refractivity contribution in [3.8, 4) is 5.75 Å². The quantitative estimate of drug-likeness (QED) is 0.765. The Labute approximate surface area is 162 Å². The van der Waals surface area contributed by atoms with Gasteiger partial charge >= 0.3 is 0 Å². The SMILES string of the molecule is CNC(=O)C(N)(COc1cccc(N2CCOCC2)c1)CC1CCCCC1. The number of morpholine rings is 1. The Kier molecular flexibility index (Phi) is 6.96. The van der Waals surface area contributed by atoms with Crippen LogP contribution in [-0.2, 0) is 9.53 Å². The maximum atomic E-state index is 12.5. The van der Waals surface area contributed by atoms with Crippen LogP contribution in [0.3, 0.4) is 0 Å². The maximum Gasteiger partial charge on any atom is 0.243 e. The molecule has 27 heavy (non-hydrogen) atoms. The number of likely N-dealkylation sites (N-methyl/N-ethyl adjacent to an activating group) is 1. The van der Waals surface area contributed by atoms with Crippen LogP contribution in [0.5, 0.6) is 5.75 Å². The second-order valence-corrected chi connectivity index (χ2v) is 7.83. The second kappa shape index (κ2) is 9.42. The van der Waals surface area contributed by atoms with Crippen LogP contribution in [0.1, 0.15) is 38.5 Å². The van der Waals surface area contributed by atoms with Crippen molar-refractivity contribution in [3.05, 3.63) is 24.3 Å². The molecule has 0 aromatic heterocycles. The lowest BCUT2D eigenvalue weighted by Crippen LogP contribution is -2.58. The summed E-state index contributed by atoms with van der Waals surface area (Å²) in [6.07, 6.45) is 6.74. The van der Waals surface area contributed by atoms with Crippen LogP contribution in [-0.4, -0.2) is 51.4 Å². The van der Waals surface area contributed by atoms with E-state index in [4.69, 9.17) is 15.2 Å². The van der Waals surface area contributed by atoms with Crippen molar-refractivity contribution in [2.75, 3.05) is 44.9 Å². The predicted octanol–water partition coefficient (Wildman–Crippen LogP) is 2.32. The van der Waals surface area contributed by atoms with Crippen molar-refractivity contribution >= 4 is 11.6 Å². The minimum atomic E-state index is -0.994. The summed E-state index contributed by atoms with van der Waals surface area (Å²) in [5.74, 6) is 1.11. The fourth-order valence-corrected chi connectivity index (χ4v) is 4.18. The lowest BCUT2D eigenvalue weighted by molar-refractivity contribution is -0.127. The molecule has 1 aliphatic heterocycles. The van der Waals surface area contributed by atoms with Crippen molar-refractivity contribution < 1.29 is 14.3 Å². The Morgan fingerprint density at radius 1 is 1.30 bits per heavy atom. The number of nitrogens with one attached hydrogen (secondary N) is 1. The second-order valence-electron chi connectivity index (χ2n) is 7.83. The molecule has 1 aromatic rings. The molecule has 6 nitrogen and oxygen atoms in total. The first kappa shape index (κ1) is 20.0. The number of nitrogens with two attached hydrogens (primary N) is 1. The van der Waals surface area contributed by atoms with E-state index in [1.54, 1.807) is 7.05 Å². The fraction of sp³-hybridized carbons (Fsp3) is 0.667. The number of carbonyl (C=O) groups excluding carboxylic acids is 1. The van der Waals surface area contributed by atoms with E-state index in [0.717, 1.165) is 50.6 Å². The molecule has 2 fully saturated rings. The number of hydrogen-bond donors (Lipinski definition) is 2. The molecule has 0 spiro atoms. The van der Waals surface area contributed by atoms with Gasteiger partial charge in [0.15, 0.2) is 0 Å². The van der Waals surface area contributed by atoms with Crippen molar-refractivity contribution in [2.24, 2.45) is 11.7 Å². The largest absolute Gasteiger partial charge is 0.491 e. The van der Waals surface area contributed by atoms with Crippen LogP contribution < -0.4 is 20.7 Å². The van der Waals surface area contributed by atoms with E-state index in [1.807, 2.05) is 18.2 Å². The first-order chi connectivity index (χ1) is 13.1. The van der Waals surface area contributed by atoms with Gasteiger partial charge in [-0.15, -0.1) is 0 Å². The van der Waals surface area contributed by atoms with Crippen LogP contribution in [0, 0.1) is 5.92 Å². The summed E-state index contributed by atoms with van der Waals surface area (Å²) >= 11 is 0. The van der Waals surface area contributed by atoms with Gasteiger partial charge in [-0.05, 0) is 24.5 Å². The van der Waals surface area contributed by atoms with Crippen molar-refractivity contribution in [1.29, 1.82) is 0 Å². The van der Waals surface area contributed by atoms with Gasteiger partial charge in [0.05, 0.1) is 13.2 Å². The molecule has 1 atom stereocenters. The molecular formula is C21H33N3O3. The van der Waals surface area contributed by atoms with Crippen molar-refractivity contribution in [2.45, 2.75) is 44.1 Å². The summed E-state index contributed by atoms with van der Waals surface area (Å²) in [4.78, 5) is 14.8. The lowest BCUT2D eigenvalue weighted by Gasteiger charge is -2.33. The third-order valence-corrected chi connectivity index (χ3v) is 5.75. The van der Waals surface area contributed by atoms with Crippen LogP contribution in [0.15, 0.2) is 24.3 Å². The normalized spacial score (nSPS) is 20.7. The molecule has 1 heterocycles. The van der Waals surface area contributed by atoms with Gasteiger partial charge in [0.2, 0.25) is 5.91 Å². The van der Waals surface area contributed by atoms with Crippen molar-refractivity contribution in [3.63, 3.8) is 0 Å². The van der Waals surface area contributed by atoms with Gasteiger partial charge in [0.25, 0.3) is 0 Å². The van der Waals surface area contributed by atoms with Gasteiger partial charge in [0, 0.05) is 31.9 Å². The molecule has 0 radical (unpaired) electrons. The molecule has 3 rings (SSSR count). The van der Waals surface area contributed by atoms with E-state index < -0.39 is 5.54 Å². The molecule has 0 bridgehead atoms. The van der Waals surface area contributed by atoms with Gasteiger partial charge in [-0.3, -0.25) is 4.79 Å². The fourth-order valence-electron chi connectivity index (χ4n) is 4.18. The monoisotopic (exact) mass is 375 g/mol. The molecular weight excluding hydrogens is 342 g/mol. The third kappa shape index (κ3) is 5.36. The minimum absolute atomic E-state index is 0.141. The van der Waals surface area contributed by atoms with Crippen molar-refractivity contribution in [1.82, 2.24) is 5.32 Å². The van der Waals surface area contributed by atoms with Gasteiger partial charge < -0.3 is 25.4 Å². The van der Waals surface area contributed by atoms with Crippen LogP contribution >= 0.6 is 0 Å². The van der Waals surface area contributed by atoms with Gasteiger partial charge in [0.1, 0.15) is 17.9 Å². The highest BCUT2D eigenvalue weighted by molar-refractivity contribution is 5.86. The molecule has 1 aromatic carbocycles.